The van der Waals surface area contributed by atoms with Crippen LogP contribution in [-0.4, -0.2) is 16.1 Å². The zero-order chi connectivity index (χ0) is 10.1. The smallest absolute Gasteiger partial charge is 0.312 e. The zero-order valence-electron chi connectivity index (χ0n) is 7.65. The maximum atomic E-state index is 10.4. The Morgan fingerprint density at radius 3 is 3.07 bits per heavy atom. The van der Waals surface area contributed by atoms with Gasteiger partial charge in [-0.2, -0.15) is 0 Å². The number of aliphatic carboxylic acids is 1. The van der Waals surface area contributed by atoms with Crippen LogP contribution in [0.5, 0.6) is 0 Å². The molecule has 4 nitrogen and oxygen atoms in total. The largest absolute Gasteiger partial charge is 0.481 e. The van der Waals surface area contributed by atoms with Crippen LogP contribution in [-0.2, 0) is 11.2 Å². The molecule has 0 saturated carbocycles. The van der Waals surface area contributed by atoms with Gasteiger partial charge in [0.2, 0.25) is 5.89 Å². The Balaban J connectivity index is 2.46. The Labute approximate surface area is 80.2 Å². The lowest BCUT2D eigenvalue weighted by Crippen LogP contribution is -1.99. The lowest BCUT2D eigenvalue weighted by atomic mass is 10.2. The highest BCUT2D eigenvalue weighted by atomic mass is 16.4. The van der Waals surface area contributed by atoms with Crippen LogP contribution in [0, 0.1) is 6.92 Å². The number of aryl methyl sites for hydroxylation is 1. The summed E-state index contributed by atoms with van der Waals surface area (Å²) in [4.78, 5) is 14.5. The first-order chi connectivity index (χ1) is 6.65. The summed E-state index contributed by atoms with van der Waals surface area (Å²) >= 11 is 0. The molecule has 0 amide bonds. The lowest BCUT2D eigenvalue weighted by Gasteiger charge is -1.88. The summed E-state index contributed by atoms with van der Waals surface area (Å²) in [5, 5.41) is 8.55. The van der Waals surface area contributed by atoms with Crippen LogP contribution >= 0.6 is 0 Å². The second-order valence-corrected chi connectivity index (χ2v) is 3.15. The van der Waals surface area contributed by atoms with Gasteiger partial charge in [0.05, 0.1) is 0 Å². The van der Waals surface area contributed by atoms with Gasteiger partial charge in [-0.05, 0) is 24.6 Å². The van der Waals surface area contributed by atoms with Crippen molar-refractivity contribution in [1.29, 1.82) is 0 Å². The first-order valence-corrected chi connectivity index (χ1v) is 4.23. The molecular formula is C10H9NO3. The molecule has 72 valence electrons. The highest BCUT2D eigenvalue weighted by molar-refractivity contribution is 5.75. The molecule has 14 heavy (non-hydrogen) atoms. The van der Waals surface area contributed by atoms with E-state index in [1.165, 1.54) is 0 Å². The SMILES string of the molecule is Cc1ccc2nc(CC(=O)O)oc2c1. The van der Waals surface area contributed by atoms with Crippen LogP contribution in [0.3, 0.4) is 0 Å². The van der Waals surface area contributed by atoms with Crippen molar-refractivity contribution in [2.75, 3.05) is 0 Å². The minimum absolute atomic E-state index is 0.173. The third-order valence-electron chi connectivity index (χ3n) is 1.89. The van der Waals surface area contributed by atoms with Gasteiger partial charge >= 0.3 is 5.97 Å². The van der Waals surface area contributed by atoms with Crippen LogP contribution in [0.1, 0.15) is 11.5 Å². The Kier molecular flexibility index (Phi) is 1.96. The zero-order valence-corrected chi connectivity index (χ0v) is 7.65. The quantitative estimate of drug-likeness (QED) is 0.785. The molecule has 1 heterocycles. The van der Waals surface area contributed by atoms with Crippen LogP contribution in [0.15, 0.2) is 22.6 Å². The monoisotopic (exact) mass is 191 g/mol. The Bertz CT molecular complexity index is 487. The van der Waals surface area contributed by atoms with Gasteiger partial charge in [-0.25, -0.2) is 4.98 Å². The predicted molar refractivity (Wildman–Crippen MR) is 50.1 cm³/mol. The van der Waals surface area contributed by atoms with E-state index in [0.717, 1.165) is 5.56 Å². The topological polar surface area (TPSA) is 63.3 Å². The average molecular weight is 191 g/mol. The first-order valence-electron chi connectivity index (χ1n) is 4.23. The van der Waals surface area contributed by atoms with Crippen molar-refractivity contribution in [1.82, 2.24) is 4.98 Å². The minimum atomic E-state index is -0.937. The van der Waals surface area contributed by atoms with Crippen LogP contribution in [0.4, 0.5) is 0 Å². The van der Waals surface area contributed by atoms with Crippen molar-refractivity contribution in [3.63, 3.8) is 0 Å². The fourth-order valence-corrected chi connectivity index (χ4v) is 1.28. The molecule has 0 spiro atoms. The van der Waals surface area contributed by atoms with Crippen molar-refractivity contribution >= 4 is 17.1 Å². The molecule has 2 aromatic rings. The number of carboxylic acid groups (broad SMARTS) is 1. The van der Waals surface area contributed by atoms with E-state index in [2.05, 4.69) is 4.98 Å². The number of rotatable bonds is 2. The molecular weight excluding hydrogens is 182 g/mol. The van der Waals surface area contributed by atoms with E-state index in [1.54, 1.807) is 0 Å². The summed E-state index contributed by atoms with van der Waals surface area (Å²) in [5.74, 6) is -0.689. The number of hydrogen-bond donors (Lipinski definition) is 1. The van der Waals surface area contributed by atoms with Crippen molar-refractivity contribution in [3.05, 3.63) is 29.7 Å². The van der Waals surface area contributed by atoms with Gasteiger partial charge in [-0.1, -0.05) is 6.07 Å². The number of carboxylic acids is 1. The van der Waals surface area contributed by atoms with E-state index < -0.39 is 5.97 Å². The van der Waals surface area contributed by atoms with E-state index in [0.29, 0.717) is 11.1 Å². The number of benzene rings is 1. The summed E-state index contributed by atoms with van der Waals surface area (Å²) < 4.78 is 5.27. The van der Waals surface area contributed by atoms with Gasteiger partial charge < -0.3 is 9.52 Å². The third kappa shape index (κ3) is 1.59. The Morgan fingerprint density at radius 2 is 2.36 bits per heavy atom. The van der Waals surface area contributed by atoms with Gasteiger partial charge in [0.25, 0.3) is 0 Å². The summed E-state index contributed by atoms with van der Waals surface area (Å²) in [6, 6.07) is 5.57. The van der Waals surface area contributed by atoms with Crippen LogP contribution in [0.2, 0.25) is 0 Å². The normalized spacial score (nSPS) is 10.6. The predicted octanol–water partition coefficient (Wildman–Crippen LogP) is 1.76. The number of fused-ring (bicyclic) bond motifs is 1. The highest BCUT2D eigenvalue weighted by Gasteiger charge is 2.08. The van der Waals surface area contributed by atoms with Crippen LogP contribution in [0.25, 0.3) is 11.1 Å². The van der Waals surface area contributed by atoms with E-state index >= 15 is 0 Å². The summed E-state index contributed by atoms with van der Waals surface area (Å²) in [6.07, 6.45) is -0.173. The standard InChI is InChI=1S/C10H9NO3/c1-6-2-3-7-8(4-6)14-9(11-7)5-10(12)13/h2-4H,5H2,1H3,(H,12,13). The fourth-order valence-electron chi connectivity index (χ4n) is 1.28. The molecule has 1 aromatic carbocycles. The third-order valence-corrected chi connectivity index (χ3v) is 1.89. The van der Waals surface area contributed by atoms with Crippen molar-refractivity contribution < 1.29 is 14.3 Å². The van der Waals surface area contributed by atoms with Gasteiger partial charge in [-0.3, -0.25) is 4.79 Å². The molecule has 0 fully saturated rings. The summed E-state index contributed by atoms with van der Waals surface area (Å²) in [7, 11) is 0. The summed E-state index contributed by atoms with van der Waals surface area (Å²) in [5.41, 5.74) is 2.41. The second kappa shape index (κ2) is 3.14. The van der Waals surface area contributed by atoms with Crippen LogP contribution < -0.4 is 0 Å². The molecule has 0 aliphatic heterocycles. The minimum Gasteiger partial charge on any atom is -0.481 e. The van der Waals surface area contributed by atoms with Crippen molar-refractivity contribution in [2.45, 2.75) is 13.3 Å². The molecule has 0 aliphatic carbocycles. The molecule has 0 atom stereocenters. The Morgan fingerprint density at radius 1 is 1.57 bits per heavy atom. The molecule has 0 aliphatic rings. The number of aromatic nitrogens is 1. The maximum Gasteiger partial charge on any atom is 0.312 e. The molecule has 2 rings (SSSR count). The number of carbonyl (C=O) groups is 1. The fraction of sp³-hybridized carbons (Fsp3) is 0.200. The molecule has 0 bridgehead atoms. The maximum absolute atomic E-state index is 10.4. The van der Waals surface area contributed by atoms with Gasteiger partial charge in [0.15, 0.2) is 5.58 Å². The Hall–Kier alpha value is -1.84. The van der Waals surface area contributed by atoms with E-state index in [-0.39, 0.29) is 12.3 Å². The molecule has 4 heteroatoms. The second-order valence-electron chi connectivity index (χ2n) is 3.15. The molecule has 1 N–H and O–H groups in total. The van der Waals surface area contributed by atoms with Crippen molar-refractivity contribution in [2.24, 2.45) is 0 Å². The van der Waals surface area contributed by atoms with E-state index in [4.69, 9.17) is 9.52 Å². The van der Waals surface area contributed by atoms with E-state index in [9.17, 15) is 4.79 Å². The molecule has 0 radical (unpaired) electrons. The molecule has 0 saturated heterocycles. The number of hydrogen-bond acceptors (Lipinski definition) is 3. The van der Waals surface area contributed by atoms with Gasteiger partial charge in [0.1, 0.15) is 11.9 Å². The van der Waals surface area contributed by atoms with Gasteiger partial charge in [0, 0.05) is 0 Å². The molecule has 1 aromatic heterocycles. The van der Waals surface area contributed by atoms with Gasteiger partial charge in [-0.15, -0.1) is 0 Å². The number of oxazole rings is 1. The van der Waals surface area contributed by atoms with Crippen molar-refractivity contribution in [3.8, 4) is 0 Å². The lowest BCUT2D eigenvalue weighted by molar-refractivity contribution is -0.136. The number of nitrogens with zero attached hydrogens (tertiary/aromatic N) is 1. The molecule has 0 unspecified atom stereocenters. The first kappa shape index (κ1) is 8.74. The highest BCUT2D eigenvalue weighted by Crippen LogP contribution is 2.17. The average Bonchev–Trinajstić information content (AvgIpc) is 2.44. The van der Waals surface area contributed by atoms with E-state index in [1.807, 2.05) is 25.1 Å². The summed E-state index contributed by atoms with van der Waals surface area (Å²) in [6.45, 7) is 1.94.